The van der Waals surface area contributed by atoms with Gasteiger partial charge in [-0.15, -0.1) is 0 Å². The molecule has 1 fully saturated rings. The molecule has 0 aromatic heterocycles. The van der Waals surface area contributed by atoms with Gasteiger partial charge in [-0.25, -0.2) is 0 Å². The SMILES string of the molecule is CN(C)CCN(C)[C@@H]1CCCC[C@H]1O. The van der Waals surface area contributed by atoms with Gasteiger partial charge in [-0.3, -0.25) is 4.90 Å². The second-order valence-electron chi connectivity index (χ2n) is 4.70. The fraction of sp³-hybridized carbons (Fsp3) is 1.00. The van der Waals surface area contributed by atoms with Crippen LogP contribution >= 0.6 is 0 Å². The maximum atomic E-state index is 9.85. The zero-order valence-electron chi connectivity index (χ0n) is 9.74. The Morgan fingerprint density at radius 2 is 1.71 bits per heavy atom. The molecule has 1 N–H and O–H groups in total. The summed E-state index contributed by atoms with van der Waals surface area (Å²) in [4.78, 5) is 4.50. The van der Waals surface area contributed by atoms with Crippen molar-refractivity contribution in [1.29, 1.82) is 0 Å². The predicted molar refractivity (Wildman–Crippen MR) is 59.4 cm³/mol. The van der Waals surface area contributed by atoms with Crippen molar-refractivity contribution in [3.8, 4) is 0 Å². The van der Waals surface area contributed by atoms with Crippen LogP contribution < -0.4 is 0 Å². The van der Waals surface area contributed by atoms with Gasteiger partial charge in [0.1, 0.15) is 0 Å². The monoisotopic (exact) mass is 200 g/mol. The second-order valence-corrected chi connectivity index (χ2v) is 4.70. The molecule has 0 spiro atoms. The fourth-order valence-electron chi connectivity index (χ4n) is 2.13. The number of likely N-dealkylation sites (N-methyl/N-ethyl adjacent to an activating group) is 2. The van der Waals surface area contributed by atoms with Crippen molar-refractivity contribution >= 4 is 0 Å². The summed E-state index contributed by atoms with van der Waals surface area (Å²) in [5.74, 6) is 0. The Balaban J connectivity index is 2.30. The van der Waals surface area contributed by atoms with Crippen molar-refractivity contribution in [3.63, 3.8) is 0 Å². The highest BCUT2D eigenvalue weighted by Crippen LogP contribution is 2.21. The first kappa shape index (κ1) is 12.0. The van der Waals surface area contributed by atoms with Gasteiger partial charge in [0.25, 0.3) is 0 Å². The van der Waals surface area contributed by atoms with Gasteiger partial charge in [0.2, 0.25) is 0 Å². The van der Waals surface area contributed by atoms with Gasteiger partial charge >= 0.3 is 0 Å². The number of nitrogens with zero attached hydrogens (tertiary/aromatic N) is 2. The van der Waals surface area contributed by atoms with Crippen LogP contribution in [0.4, 0.5) is 0 Å². The molecule has 0 saturated heterocycles. The van der Waals surface area contributed by atoms with E-state index in [0.717, 1.165) is 25.9 Å². The highest BCUT2D eigenvalue weighted by molar-refractivity contribution is 4.81. The number of hydrogen-bond donors (Lipinski definition) is 1. The quantitative estimate of drug-likeness (QED) is 0.726. The van der Waals surface area contributed by atoms with E-state index < -0.39 is 0 Å². The van der Waals surface area contributed by atoms with Crippen LogP contribution in [0.15, 0.2) is 0 Å². The smallest absolute Gasteiger partial charge is 0.0695 e. The van der Waals surface area contributed by atoms with Crippen LogP contribution in [0, 0.1) is 0 Å². The maximum absolute atomic E-state index is 9.85. The van der Waals surface area contributed by atoms with Gasteiger partial charge in [-0.1, -0.05) is 12.8 Å². The van der Waals surface area contributed by atoms with Gasteiger partial charge < -0.3 is 10.0 Å². The molecule has 2 atom stereocenters. The molecule has 3 nitrogen and oxygen atoms in total. The molecule has 0 aromatic rings. The zero-order valence-corrected chi connectivity index (χ0v) is 9.74. The summed E-state index contributed by atoms with van der Waals surface area (Å²) in [7, 11) is 6.30. The van der Waals surface area contributed by atoms with Crippen molar-refractivity contribution in [2.24, 2.45) is 0 Å². The normalized spacial score (nSPS) is 28.7. The van der Waals surface area contributed by atoms with Crippen LogP contribution in [0.2, 0.25) is 0 Å². The topological polar surface area (TPSA) is 26.7 Å². The van der Waals surface area contributed by atoms with E-state index in [9.17, 15) is 5.11 Å². The van der Waals surface area contributed by atoms with E-state index in [0.29, 0.717) is 6.04 Å². The first-order valence-corrected chi connectivity index (χ1v) is 5.64. The molecular weight excluding hydrogens is 176 g/mol. The Bertz CT molecular complexity index is 161. The summed E-state index contributed by atoms with van der Waals surface area (Å²) in [6, 6.07) is 0.392. The predicted octanol–water partition coefficient (Wildman–Crippen LogP) is 0.783. The number of aliphatic hydroxyl groups is 1. The minimum atomic E-state index is -0.101. The van der Waals surface area contributed by atoms with E-state index in [4.69, 9.17) is 0 Å². The third-order valence-electron chi connectivity index (χ3n) is 3.16. The van der Waals surface area contributed by atoms with Gasteiger partial charge in [0.05, 0.1) is 6.10 Å². The molecule has 14 heavy (non-hydrogen) atoms. The summed E-state index contributed by atoms with van der Waals surface area (Å²) in [5, 5.41) is 9.85. The molecule has 0 unspecified atom stereocenters. The Kier molecular flexibility index (Phi) is 4.85. The summed E-state index contributed by atoms with van der Waals surface area (Å²) in [6.07, 6.45) is 4.51. The minimum Gasteiger partial charge on any atom is -0.391 e. The Hall–Kier alpha value is -0.120. The molecule has 84 valence electrons. The molecule has 0 aromatic carbocycles. The van der Waals surface area contributed by atoms with Crippen molar-refractivity contribution in [2.75, 3.05) is 34.2 Å². The largest absolute Gasteiger partial charge is 0.391 e. The van der Waals surface area contributed by atoms with Crippen LogP contribution in [0.25, 0.3) is 0 Å². The Morgan fingerprint density at radius 1 is 1.07 bits per heavy atom. The van der Waals surface area contributed by atoms with Gasteiger partial charge in [-0.2, -0.15) is 0 Å². The number of aliphatic hydroxyl groups excluding tert-OH is 1. The van der Waals surface area contributed by atoms with Crippen LogP contribution in [-0.2, 0) is 0 Å². The first-order chi connectivity index (χ1) is 6.61. The molecule has 1 aliphatic rings. The molecule has 1 aliphatic carbocycles. The third-order valence-corrected chi connectivity index (χ3v) is 3.16. The summed E-state index contributed by atoms with van der Waals surface area (Å²) in [6.45, 7) is 2.12. The molecule has 1 saturated carbocycles. The number of rotatable bonds is 4. The van der Waals surface area contributed by atoms with Crippen molar-refractivity contribution in [1.82, 2.24) is 9.80 Å². The average molecular weight is 200 g/mol. The molecule has 0 radical (unpaired) electrons. The average Bonchev–Trinajstić information content (AvgIpc) is 2.15. The lowest BCUT2D eigenvalue weighted by Gasteiger charge is -2.35. The molecule has 0 bridgehead atoms. The maximum Gasteiger partial charge on any atom is 0.0695 e. The van der Waals surface area contributed by atoms with Crippen molar-refractivity contribution in [3.05, 3.63) is 0 Å². The standard InChI is InChI=1S/C11H24N2O/c1-12(2)8-9-13(3)10-6-4-5-7-11(10)14/h10-11,14H,4-9H2,1-3H3/t10-,11-/m1/s1. The lowest BCUT2D eigenvalue weighted by Crippen LogP contribution is -2.45. The van der Waals surface area contributed by atoms with E-state index in [-0.39, 0.29) is 6.10 Å². The second kappa shape index (κ2) is 5.69. The highest BCUT2D eigenvalue weighted by Gasteiger charge is 2.25. The van der Waals surface area contributed by atoms with E-state index >= 15 is 0 Å². The zero-order chi connectivity index (χ0) is 10.6. The molecule has 0 amide bonds. The van der Waals surface area contributed by atoms with Crippen LogP contribution in [0.1, 0.15) is 25.7 Å². The van der Waals surface area contributed by atoms with Crippen LogP contribution in [0.5, 0.6) is 0 Å². The third kappa shape index (κ3) is 3.56. The van der Waals surface area contributed by atoms with Gasteiger partial charge in [-0.05, 0) is 34.0 Å². The fourth-order valence-corrected chi connectivity index (χ4v) is 2.13. The van der Waals surface area contributed by atoms with E-state index in [1.807, 2.05) is 0 Å². The molecule has 0 heterocycles. The van der Waals surface area contributed by atoms with E-state index in [2.05, 4.69) is 30.9 Å². The molecular formula is C11H24N2O. The molecule has 3 heteroatoms. The van der Waals surface area contributed by atoms with Gasteiger partial charge in [0, 0.05) is 19.1 Å². The van der Waals surface area contributed by atoms with E-state index in [1.54, 1.807) is 0 Å². The molecule has 0 aliphatic heterocycles. The first-order valence-electron chi connectivity index (χ1n) is 5.64. The lowest BCUT2D eigenvalue weighted by atomic mass is 9.91. The highest BCUT2D eigenvalue weighted by atomic mass is 16.3. The minimum absolute atomic E-state index is 0.101. The molecule has 1 rings (SSSR count). The lowest BCUT2D eigenvalue weighted by molar-refractivity contribution is 0.0300. The Labute approximate surface area is 87.7 Å². The summed E-state index contributed by atoms with van der Waals surface area (Å²) in [5.41, 5.74) is 0. The number of hydrogen-bond acceptors (Lipinski definition) is 3. The van der Waals surface area contributed by atoms with Crippen molar-refractivity contribution < 1.29 is 5.11 Å². The van der Waals surface area contributed by atoms with E-state index in [1.165, 1.54) is 12.8 Å². The Morgan fingerprint density at radius 3 is 2.29 bits per heavy atom. The summed E-state index contributed by atoms with van der Waals surface area (Å²) >= 11 is 0. The van der Waals surface area contributed by atoms with Gasteiger partial charge in [0.15, 0.2) is 0 Å². The van der Waals surface area contributed by atoms with Crippen LogP contribution in [0.3, 0.4) is 0 Å². The summed E-state index contributed by atoms with van der Waals surface area (Å²) < 4.78 is 0. The van der Waals surface area contributed by atoms with Crippen molar-refractivity contribution in [2.45, 2.75) is 37.8 Å². The van der Waals surface area contributed by atoms with Crippen LogP contribution in [-0.4, -0.2) is 61.3 Å².